The van der Waals surface area contributed by atoms with E-state index >= 15 is 0 Å². The fourth-order valence-electron chi connectivity index (χ4n) is 4.57. The second-order valence-electron chi connectivity index (χ2n) is 8.42. The second kappa shape index (κ2) is 9.92. The lowest BCUT2D eigenvalue weighted by molar-refractivity contribution is -0.140. The molecule has 1 saturated heterocycles. The molecule has 2 amide bonds. The van der Waals surface area contributed by atoms with Crippen molar-refractivity contribution in [1.29, 1.82) is 0 Å². The standard InChI is InChI=1S/C26H34N2O2/c1-4-10-24(29)28-17-15-26(16-18-28,25(30)27-5-2)19-21-12-7-9-14-23(21)22-13-8-6-11-20(22)3/h6-9,11-14H,4-5,10,15-19H2,1-3H3,(H,27,30). The van der Waals surface area contributed by atoms with Gasteiger partial charge in [0.05, 0.1) is 5.41 Å². The van der Waals surface area contributed by atoms with Gasteiger partial charge in [-0.2, -0.15) is 0 Å². The molecule has 1 aliphatic rings. The Kier molecular flexibility index (Phi) is 7.30. The molecule has 4 nitrogen and oxygen atoms in total. The highest BCUT2D eigenvalue weighted by molar-refractivity contribution is 5.84. The lowest BCUT2D eigenvalue weighted by Crippen LogP contribution is -2.51. The summed E-state index contributed by atoms with van der Waals surface area (Å²) >= 11 is 0. The minimum atomic E-state index is -0.474. The van der Waals surface area contributed by atoms with Crippen LogP contribution in [0.15, 0.2) is 48.5 Å². The van der Waals surface area contributed by atoms with Gasteiger partial charge in [0.25, 0.3) is 0 Å². The number of hydrogen-bond acceptors (Lipinski definition) is 2. The SMILES string of the molecule is CCCC(=O)N1CCC(Cc2ccccc2-c2ccccc2C)(C(=O)NCC)CC1. The van der Waals surface area contributed by atoms with Crippen molar-refractivity contribution >= 4 is 11.8 Å². The molecule has 0 atom stereocenters. The summed E-state index contributed by atoms with van der Waals surface area (Å²) in [5.41, 5.74) is 4.37. The first-order chi connectivity index (χ1) is 14.5. The van der Waals surface area contributed by atoms with Crippen LogP contribution in [0.5, 0.6) is 0 Å². The number of rotatable bonds is 7. The molecule has 4 heteroatoms. The normalized spacial score (nSPS) is 15.6. The van der Waals surface area contributed by atoms with E-state index in [-0.39, 0.29) is 11.8 Å². The number of likely N-dealkylation sites (tertiary alicyclic amines) is 1. The molecule has 2 aromatic carbocycles. The summed E-state index contributed by atoms with van der Waals surface area (Å²) in [5.74, 6) is 0.328. The first kappa shape index (κ1) is 22.1. The Hall–Kier alpha value is -2.62. The Balaban J connectivity index is 1.90. The van der Waals surface area contributed by atoms with Crippen molar-refractivity contribution in [3.63, 3.8) is 0 Å². The van der Waals surface area contributed by atoms with Gasteiger partial charge < -0.3 is 10.2 Å². The molecule has 1 heterocycles. The molecule has 0 bridgehead atoms. The molecule has 1 fully saturated rings. The number of carbonyl (C=O) groups excluding carboxylic acids is 2. The van der Waals surface area contributed by atoms with Gasteiger partial charge in [-0.1, -0.05) is 55.5 Å². The van der Waals surface area contributed by atoms with E-state index < -0.39 is 5.41 Å². The van der Waals surface area contributed by atoms with Crippen molar-refractivity contribution in [2.24, 2.45) is 5.41 Å². The molecule has 0 unspecified atom stereocenters. The molecule has 1 N–H and O–H groups in total. The summed E-state index contributed by atoms with van der Waals surface area (Å²) in [6, 6.07) is 16.8. The molecule has 160 valence electrons. The van der Waals surface area contributed by atoms with Crippen LogP contribution < -0.4 is 5.32 Å². The van der Waals surface area contributed by atoms with Gasteiger partial charge in [-0.15, -0.1) is 0 Å². The predicted molar refractivity (Wildman–Crippen MR) is 122 cm³/mol. The van der Waals surface area contributed by atoms with Crippen LogP contribution in [-0.2, 0) is 16.0 Å². The number of aryl methyl sites for hydroxylation is 1. The number of amides is 2. The molecule has 2 aromatic rings. The van der Waals surface area contributed by atoms with Gasteiger partial charge in [0.2, 0.25) is 11.8 Å². The smallest absolute Gasteiger partial charge is 0.226 e. The van der Waals surface area contributed by atoms with Crippen molar-refractivity contribution in [2.45, 2.75) is 52.9 Å². The van der Waals surface area contributed by atoms with E-state index in [1.807, 2.05) is 18.7 Å². The quantitative estimate of drug-likeness (QED) is 0.721. The highest BCUT2D eigenvalue weighted by atomic mass is 16.2. The molecule has 1 aliphatic heterocycles. The fraction of sp³-hybridized carbons (Fsp3) is 0.462. The first-order valence-corrected chi connectivity index (χ1v) is 11.2. The highest BCUT2D eigenvalue weighted by Gasteiger charge is 2.42. The Labute approximate surface area is 180 Å². The lowest BCUT2D eigenvalue weighted by Gasteiger charge is -2.41. The van der Waals surface area contributed by atoms with Gasteiger partial charge >= 0.3 is 0 Å². The van der Waals surface area contributed by atoms with Crippen LogP contribution in [0, 0.1) is 12.3 Å². The molecule has 0 radical (unpaired) electrons. The fourth-order valence-corrected chi connectivity index (χ4v) is 4.57. The van der Waals surface area contributed by atoms with E-state index in [4.69, 9.17) is 0 Å². The van der Waals surface area contributed by atoms with Gasteiger partial charge in [-0.05, 0) is 61.8 Å². The maximum absolute atomic E-state index is 13.2. The van der Waals surface area contributed by atoms with Gasteiger partial charge in [-0.25, -0.2) is 0 Å². The van der Waals surface area contributed by atoms with Crippen molar-refractivity contribution in [1.82, 2.24) is 10.2 Å². The molecule has 0 saturated carbocycles. The minimum Gasteiger partial charge on any atom is -0.356 e. The number of hydrogen-bond donors (Lipinski definition) is 1. The summed E-state index contributed by atoms with van der Waals surface area (Å²) in [6.45, 7) is 8.06. The van der Waals surface area contributed by atoms with Gasteiger partial charge in [0.15, 0.2) is 0 Å². The molecular formula is C26H34N2O2. The summed E-state index contributed by atoms with van der Waals surface area (Å²) < 4.78 is 0. The van der Waals surface area contributed by atoms with Crippen LogP contribution in [0.4, 0.5) is 0 Å². The number of benzene rings is 2. The van der Waals surface area contributed by atoms with Crippen molar-refractivity contribution in [2.75, 3.05) is 19.6 Å². The molecule has 30 heavy (non-hydrogen) atoms. The van der Waals surface area contributed by atoms with E-state index in [1.54, 1.807) is 0 Å². The third-order valence-electron chi connectivity index (χ3n) is 6.34. The van der Waals surface area contributed by atoms with Gasteiger partial charge in [0, 0.05) is 26.1 Å². The Morgan fingerprint density at radius 1 is 0.967 bits per heavy atom. The first-order valence-electron chi connectivity index (χ1n) is 11.2. The molecule has 0 aromatic heterocycles. The third-order valence-corrected chi connectivity index (χ3v) is 6.34. The Morgan fingerprint density at radius 3 is 2.23 bits per heavy atom. The topological polar surface area (TPSA) is 49.4 Å². The van der Waals surface area contributed by atoms with Crippen LogP contribution in [-0.4, -0.2) is 36.3 Å². The van der Waals surface area contributed by atoms with Crippen LogP contribution in [0.3, 0.4) is 0 Å². The summed E-state index contributed by atoms with van der Waals surface area (Å²) in [4.78, 5) is 27.5. The Morgan fingerprint density at radius 2 is 1.60 bits per heavy atom. The van der Waals surface area contributed by atoms with E-state index in [0.717, 1.165) is 6.42 Å². The van der Waals surface area contributed by atoms with Gasteiger partial charge in [-0.3, -0.25) is 9.59 Å². The zero-order valence-electron chi connectivity index (χ0n) is 18.5. The zero-order chi connectivity index (χ0) is 21.6. The molecule has 0 spiro atoms. The van der Waals surface area contributed by atoms with Crippen LogP contribution in [0.25, 0.3) is 11.1 Å². The number of carbonyl (C=O) groups is 2. The number of nitrogens with zero attached hydrogens (tertiary/aromatic N) is 1. The number of nitrogens with one attached hydrogen (secondary N) is 1. The van der Waals surface area contributed by atoms with E-state index in [1.165, 1.54) is 22.3 Å². The minimum absolute atomic E-state index is 0.118. The van der Waals surface area contributed by atoms with Gasteiger partial charge in [0.1, 0.15) is 0 Å². The van der Waals surface area contributed by atoms with E-state index in [0.29, 0.717) is 45.3 Å². The second-order valence-corrected chi connectivity index (χ2v) is 8.42. The summed E-state index contributed by atoms with van der Waals surface area (Å²) in [5, 5.41) is 3.07. The average Bonchev–Trinajstić information content (AvgIpc) is 2.75. The molecule has 0 aliphatic carbocycles. The summed E-state index contributed by atoms with van der Waals surface area (Å²) in [6.07, 6.45) is 3.55. The Bertz CT molecular complexity index is 882. The third kappa shape index (κ3) is 4.75. The van der Waals surface area contributed by atoms with Crippen LogP contribution in [0.1, 0.15) is 50.7 Å². The monoisotopic (exact) mass is 406 g/mol. The molecular weight excluding hydrogens is 372 g/mol. The van der Waals surface area contributed by atoms with Crippen LogP contribution >= 0.6 is 0 Å². The van der Waals surface area contributed by atoms with Crippen molar-refractivity contribution in [3.8, 4) is 11.1 Å². The summed E-state index contributed by atoms with van der Waals surface area (Å²) in [7, 11) is 0. The number of piperidine rings is 1. The van der Waals surface area contributed by atoms with E-state index in [9.17, 15) is 9.59 Å². The maximum atomic E-state index is 13.2. The van der Waals surface area contributed by atoms with Crippen molar-refractivity contribution < 1.29 is 9.59 Å². The zero-order valence-corrected chi connectivity index (χ0v) is 18.5. The lowest BCUT2D eigenvalue weighted by atomic mass is 9.71. The van der Waals surface area contributed by atoms with Crippen LogP contribution in [0.2, 0.25) is 0 Å². The van der Waals surface area contributed by atoms with Crippen molar-refractivity contribution in [3.05, 3.63) is 59.7 Å². The molecule has 3 rings (SSSR count). The maximum Gasteiger partial charge on any atom is 0.226 e. The predicted octanol–water partition coefficient (Wildman–Crippen LogP) is 4.75. The average molecular weight is 407 g/mol. The largest absolute Gasteiger partial charge is 0.356 e. The highest BCUT2D eigenvalue weighted by Crippen LogP contribution is 2.39. The van der Waals surface area contributed by atoms with E-state index in [2.05, 4.69) is 60.8 Å².